The van der Waals surface area contributed by atoms with Gasteiger partial charge in [0.2, 0.25) is 0 Å². The Labute approximate surface area is 138 Å². The van der Waals surface area contributed by atoms with E-state index in [2.05, 4.69) is 9.97 Å². The molecule has 2 heterocycles. The van der Waals surface area contributed by atoms with E-state index in [1.54, 1.807) is 18.7 Å². The number of aliphatic hydroxyl groups excluding tert-OH is 1. The maximum Gasteiger partial charge on any atom is 0.252 e. The molecule has 5 nitrogen and oxygen atoms in total. The number of nitrogens with one attached hydrogen (secondary N) is 1. The van der Waals surface area contributed by atoms with E-state index in [0.29, 0.717) is 24.5 Å². The van der Waals surface area contributed by atoms with Crippen LogP contribution in [0.5, 0.6) is 0 Å². The number of aromatic nitrogens is 2. The van der Waals surface area contributed by atoms with Crippen molar-refractivity contribution in [1.82, 2.24) is 14.9 Å². The van der Waals surface area contributed by atoms with E-state index in [-0.39, 0.29) is 23.9 Å². The van der Waals surface area contributed by atoms with Gasteiger partial charge in [-0.25, -0.2) is 13.8 Å². The molecule has 1 aromatic carbocycles. The number of hydrogen-bond acceptors (Lipinski definition) is 3. The number of aliphatic hydroxyl groups is 1. The first-order valence-electron chi connectivity index (χ1n) is 7.87. The average molecular weight is 335 g/mol. The van der Waals surface area contributed by atoms with E-state index in [1.807, 2.05) is 0 Å². The lowest BCUT2D eigenvalue weighted by molar-refractivity contribution is -0.143. The van der Waals surface area contributed by atoms with Crippen LogP contribution in [0, 0.1) is 17.6 Å². The van der Waals surface area contributed by atoms with Gasteiger partial charge in [-0.3, -0.25) is 4.79 Å². The van der Waals surface area contributed by atoms with Crippen LogP contribution in [0.15, 0.2) is 18.2 Å². The third-order valence-corrected chi connectivity index (χ3v) is 4.21. The first-order valence-corrected chi connectivity index (χ1v) is 7.87. The van der Waals surface area contributed by atoms with Crippen molar-refractivity contribution in [2.75, 3.05) is 6.54 Å². The van der Waals surface area contributed by atoms with Crippen LogP contribution in [0.25, 0.3) is 11.4 Å². The molecular formula is C17H19F2N3O2. The molecule has 128 valence electrons. The monoisotopic (exact) mass is 335 g/mol. The van der Waals surface area contributed by atoms with Crippen molar-refractivity contribution in [3.05, 3.63) is 41.2 Å². The van der Waals surface area contributed by atoms with Gasteiger partial charge >= 0.3 is 0 Å². The fraction of sp³-hybridized carbons (Fsp3) is 0.412. The molecule has 0 saturated heterocycles. The summed E-state index contributed by atoms with van der Waals surface area (Å²) in [4.78, 5) is 21.2. The molecule has 0 bridgehead atoms. The number of H-pyrrole nitrogens is 1. The Balaban J connectivity index is 1.84. The number of halogens is 2. The molecule has 2 N–H and O–H groups in total. The minimum atomic E-state index is -1.04. The standard InChI is InChI=1S/C17H19F2N3O2/c1-9(2)15(23)17(24)22-6-5-13-14(8-22)21-16(20-13)11-4-3-10(18)7-12(11)19/h3-4,7,9,15,23H,5-6,8H2,1-2H3,(H,20,21). The number of carbonyl (C=O) groups excluding carboxylic acids is 1. The lowest BCUT2D eigenvalue weighted by Crippen LogP contribution is -2.44. The topological polar surface area (TPSA) is 69.2 Å². The number of imidazole rings is 1. The number of fused-ring (bicyclic) bond motifs is 1. The van der Waals surface area contributed by atoms with Crippen LogP contribution in [0.3, 0.4) is 0 Å². The van der Waals surface area contributed by atoms with E-state index < -0.39 is 17.7 Å². The predicted octanol–water partition coefficient (Wildman–Crippen LogP) is 2.26. The van der Waals surface area contributed by atoms with Crippen LogP contribution < -0.4 is 0 Å². The Morgan fingerprint density at radius 1 is 1.38 bits per heavy atom. The molecule has 1 unspecified atom stereocenters. The first kappa shape index (κ1) is 16.6. The largest absolute Gasteiger partial charge is 0.383 e. The van der Waals surface area contributed by atoms with Crippen LogP contribution in [0.2, 0.25) is 0 Å². The molecule has 0 aliphatic carbocycles. The summed E-state index contributed by atoms with van der Waals surface area (Å²) in [5.74, 6) is -1.50. The van der Waals surface area contributed by atoms with Crippen molar-refractivity contribution in [2.45, 2.75) is 32.9 Å². The van der Waals surface area contributed by atoms with Crippen molar-refractivity contribution < 1.29 is 18.7 Å². The molecule has 0 fully saturated rings. The van der Waals surface area contributed by atoms with Gasteiger partial charge in [-0.05, 0) is 18.1 Å². The van der Waals surface area contributed by atoms with Crippen molar-refractivity contribution in [3.8, 4) is 11.4 Å². The highest BCUT2D eigenvalue weighted by Gasteiger charge is 2.29. The minimum absolute atomic E-state index is 0.162. The van der Waals surface area contributed by atoms with Gasteiger partial charge in [0.05, 0.1) is 23.5 Å². The van der Waals surface area contributed by atoms with Gasteiger partial charge in [-0.15, -0.1) is 0 Å². The van der Waals surface area contributed by atoms with Crippen LogP contribution in [-0.4, -0.2) is 38.5 Å². The van der Waals surface area contributed by atoms with Gasteiger partial charge in [0.25, 0.3) is 5.91 Å². The van der Waals surface area contributed by atoms with Gasteiger partial charge in [0, 0.05) is 19.0 Å². The normalized spacial score (nSPS) is 15.5. The fourth-order valence-corrected chi connectivity index (χ4v) is 2.76. The zero-order valence-corrected chi connectivity index (χ0v) is 13.5. The van der Waals surface area contributed by atoms with E-state index in [4.69, 9.17) is 0 Å². The molecule has 1 aromatic heterocycles. The zero-order chi connectivity index (χ0) is 17.4. The zero-order valence-electron chi connectivity index (χ0n) is 13.5. The third kappa shape index (κ3) is 3.03. The summed E-state index contributed by atoms with van der Waals surface area (Å²) in [5, 5.41) is 9.94. The van der Waals surface area contributed by atoms with E-state index in [1.165, 1.54) is 12.1 Å². The molecule has 0 saturated carbocycles. The Kier molecular flexibility index (Phi) is 4.36. The summed E-state index contributed by atoms with van der Waals surface area (Å²) in [5.41, 5.74) is 1.66. The maximum atomic E-state index is 13.9. The Bertz CT molecular complexity index is 773. The summed E-state index contributed by atoms with van der Waals surface area (Å²) in [6, 6.07) is 3.32. The number of aromatic amines is 1. The molecule has 1 aliphatic heterocycles. The summed E-state index contributed by atoms with van der Waals surface area (Å²) in [6.07, 6.45) is -0.519. The number of hydrogen-bond donors (Lipinski definition) is 2. The smallest absolute Gasteiger partial charge is 0.252 e. The molecule has 0 spiro atoms. The summed E-state index contributed by atoms with van der Waals surface area (Å²) in [6.45, 7) is 4.30. The Morgan fingerprint density at radius 2 is 2.12 bits per heavy atom. The second-order valence-corrected chi connectivity index (χ2v) is 6.33. The number of carbonyl (C=O) groups is 1. The minimum Gasteiger partial charge on any atom is -0.383 e. The van der Waals surface area contributed by atoms with Crippen LogP contribution in [0.1, 0.15) is 25.2 Å². The molecule has 1 atom stereocenters. The number of rotatable bonds is 3. The molecule has 2 aromatic rings. The highest BCUT2D eigenvalue weighted by Crippen LogP contribution is 2.25. The van der Waals surface area contributed by atoms with Crippen LogP contribution >= 0.6 is 0 Å². The summed E-state index contributed by atoms with van der Waals surface area (Å²) >= 11 is 0. The molecule has 1 amide bonds. The highest BCUT2D eigenvalue weighted by atomic mass is 19.1. The van der Waals surface area contributed by atoms with Gasteiger partial charge in [-0.1, -0.05) is 13.8 Å². The number of benzene rings is 1. The predicted molar refractivity (Wildman–Crippen MR) is 83.9 cm³/mol. The summed E-state index contributed by atoms with van der Waals surface area (Å²) < 4.78 is 26.9. The van der Waals surface area contributed by atoms with Gasteiger partial charge < -0.3 is 15.0 Å². The van der Waals surface area contributed by atoms with Crippen molar-refractivity contribution >= 4 is 5.91 Å². The number of nitrogens with zero attached hydrogens (tertiary/aromatic N) is 2. The Morgan fingerprint density at radius 3 is 2.79 bits per heavy atom. The molecule has 24 heavy (non-hydrogen) atoms. The van der Waals surface area contributed by atoms with Crippen molar-refractivity contribution in [1.29, 1.82) is 0 Å². The van der Waals surface area contributed by atoms with Gasteiger partial charge in [-0.2, -0.15) is 0 Å². The second-order valence-electron chi connectivity index (χ2n) is 6.33. The average Bonchev–Trinajstić information content (AvgIpc) is 2.95. The van der Waals surface area contributed by atoms with E-state index in [0.717, 1.165) is 11.8 Å². The van der Waals surface area contributed by atoms with Crippen LogP contribution in [-0.2, 0) is 17.8 Å². The third-order valence-electron chi connectivity index (χ3n) is 4.21. The first-order chi connectivity index (χ1) is 11.4. The van der Waals surface area contributed by atoms with E-state index in [9.17, 15) is 18.7 Å². The molecular weight excluding hydrogens is 316 g/mol. The number of amides is 1. The molecule has 7 heteroatoms. The SMILES string of the molecule is CC(C)C(O)C(=O)N1CCc2nc(-c3ccc(F)cc3F)[nH]c2C1. The highest BCUT2D eigenvalue weighted by molar-refractivity contribution is 5.81. The Hall–Kier alpha value is -2.28. The molecule has 1 aliphatic rings. The maximum absolute atomic E-state index is 13.9. The lowest BCUT2D eigenvalue weighted by atomic mass is 10.0. The second kappa shape index (κ2) is 6.32. The lowest BCUT2D eigenvalue weighted by Gasteiger charge is -2.29. The molecule has 3 rings (SSSR count). The van der Waals surface area contributed by atoms with Crippen LogP contribution in [0.4, 0.5) is 8.78 Å². The molecule has 0 radical (unpaired) electrons. The summed E-state index contributed by atoms with van der Waals surface area (Å²) in [7, 11) is 0. The van der Waals surface area contributed by atoms with E-state index >= 15 is 0 Å². The van der Waals surface area contributed by atoms with Crippen molar-refractivity contribution in [2.24, 2.45) is 5.92 Å². The van der Waals surface area contributed by atoms with Gasteiger partial charge in [0.1, 0.15) is 23.6 Å². The van der Waals surface area contributed by atoms with Gasteiger partial charge in [0.15, 0.2) is 0 Å². The fourth-order valence-electron chi connectivity index (χ4n) is 2.76. The van der Waals surface area contributed by atoms with Crippen molar-refractivity contribution in [3.63, 3.8) is 0 Å². The quantitative estimate of drug-likeness (QED) is 0.904.